The van der Waals surface area contributed by atoms with Crippen LogP contribution in [-0.4, -0.2) is 46.2 Å². The number of rotatable bonds is 6. The predicted octanol–water partition coefficient (Wildman–Crippen LogP) is 1.19. The minimum atomic E-state index is 0.315. The Balaban J connectivity index is 1.98. The molecule has 5 nitrogen and oxygen atoms in total. The first-order valence-electron chi connectivity index (χ1n) is 8.00. The summed E-state index contributed by atoms with van der Waals surface area (Å²) in [5, 5.41) is 9.02. The van der Waals surface area contributed by atoms with Crippen LogP contribution in [0, 0.1) is 19.8 Å². The minimum Gasteiger partial charge on any atom is -0.396 e. The van der Waals surface area contributed by atoms with Gasteiger partial charge in [-0.2, -0.15) is 0 Å². The van der Waals surface area contributed by atoms with Gasteiger partial charge in [-0.3, -0.25) is 14.9 Å². The zero-order valence-corrected chi connectivity index (χ0v) is 13.3. The normalized spacial score (nSPS) is 17.3. The number of aromatic nitrogens is 2. The van der Waals surface area contributed by atoms with Crippen molar-refractivity contribution in [2.24, 2.45) is 11.7 Å². The third-order valence-electron chi connectivity index (χ3n) is 4.44. The molecule has 118 valence electrons. The standard InChI is InChI=1S/C16H28N4O/c1-12-15(3-7-17)19-16(13(2)18-12)11-20-8-4-14(5-9-20)6-10-21/h14,21H,3-11,17H2,1-2H3. The number of likely N-dealkylation sites (tertiary alicyclic amines) is 1. The van der Waals surface area contributed by atoms with Crippen molar-refractivity contribution >= 4 is 0 Å². The van der Waals surface area contributed by atoms with E-state index in [1.165, 1.54) is 12.8 Å². The summed E-state index contributed by atoms with van der Waals surface area (Å²) in [6.07, 6.45) is 4.09. The molecule has 0 saturated carbocycles. The molecule has 1 fully saturated rings. The Morgan fingerprint density at radius 3 is 2.43 bits per heavy atom. The third-order valence-corrected chi connectivity index (χ3v) is 4.44. The average molecular weight is 292 g/mol. The Kier molecular flexibility index (Phi) is 6.08. The van der Waals surface area contributed by atoms with Gasteiger partial charge < -0.3 is 10.8 Å². The van der Waals surface area contributed by atoms with Crippen molar-refractivity contribution < 1.29 is 5.11 Å². The zero-order valence-electron chi connectivity index (χ0n) is 13.3. The molecule has 1 saturated heterocycles. The van der Waals surface area contributed by atoms with Gasteiger partial charge in [0.25, 0.3) is 0 Å². The van der Waals surface area contributed by atoms with Gasteiger partial charge in [-0.05, 0) is 58.7 Å². The molecule has 1 aliphatic rings. The van der Waals surface area contributed by atoms with Gasteiger partial charge >= 0.3 is 0 Å². The number of aliphatic hydroxyl groups excluding tert-OH is 1. The van der Waals surface area contributed by atoms with Crippen LogP contribution in [-0.2, 0) is 13.0 Å². The van der Waals surface area contributed by atoms with Crippen molar-refractivity contribution in [3.8, 4) is 0 Å². The minimum absolute atomic E-state index is 0.315. The quantitative estimate of drug-likeness (QED) is 0.824. The number of nitrogens with two attached hydrogens (primary N) is 1. The molecule has 3 N–H and O–H groups in total. The largest absolute Gasteiger partial charge is 0.396 e. The summed E-state index contributed by atoms with van der Waals surface area (Å²) in [5.74, 6) is 0.684. The molecule has 0 bridgehead atoms. The lowest BCUT2D eigenvalue weighted by molar-refractivity contribution is 0.151. The van der Waals surface area contributed by atoms with Crippen LogP contribution in [0.3, 0.4) is 0 Å². The maximum absolute atomic E-state index is 9.02. The molecular formula is C16H28N4O. The lowest BCUT2D eigenvalue weighted by atomic mass is 9.94. The van der Waals surface area contributed by atoms with Crippen molar-refractivity contribution in [2.45, 2.75) is 46.1 Å². The maximum atomic E-state index is 9.02. The van der Waals surface area contributed by atoms with Gasteiger partial charge in [0.1, 0.15) is 0 Å². The molecule has 0 spiro atoms. The molecular weight excluding hydrogens is 264 g/mol. The lowest BCUT2D eigenvalue weighted by Gasteiger charge is -2.31. The summed E-state index contributed by atoms with van der Waals surface area (Å²) in [6, 6.07) is 0. The first-order valence-corrected chi connectivity index (χ1v) is 8.00. The van der Waals surface area contributed by atoms with Crippen molar-refractivity contribution in [1.29, 1.82) is 0 Å². The number of hydrogen-bond donors (Lipinski definition) is 2. The molecule has 1 aromatic rings. The van der Waals surface area contributed by atoms with Crippen LogP contribution in [0.5, 0.6) is 0 Å². The van der Waals surface area contributed by atoms with E-state index in [2.05, 4.69) is 9.88 Å². The smallest absolute Gasteiger partial charge is 0.0759 e. The zero-order chi connectivity index (χ0) is 15.2. The van der Waals surface area contributed by atoms with Crippen LogP contribution in [0.1, 0.15) is 42.0 Å². The Morgan fingerprint density at radius 2 is 1.81 bits per heavy atom. The van der Waals surface area contributed by atoms with Crippen LogP contribution in [0.25, 0.3) is 0 Å². The van der Waals surface area contributed by atoms with Gasteiger partial charge in [-0.1, -0.05) is 0 Å². The number of nitrogens with zero attached hydrogens (tertiary/aromatic N) is 3. The Bertz CT molecular complexity index is 456. The highest BCUT2D eigenvalue weighted by Gasteiger charge is 2.20. The first-order chi connectivity index (χ1) is 10.1. The molecule has 0 unspecified atom stereocenters. The molecule has 1 aromatic heterocycles. The van der Waals surface area contributed by atoms with E-state index in [9.17, 15) is 0 Å². The second kappa shape index (κ2) is 7.82. The van der Waals surface area contributed by atoms with Crippen LogP contribution in [0.4, 0.5) is 0 Å². The molecule has 2 rings (SSSR count). The Labute approximate surface area is 127 Å². The summed E-state index contributed by atoms with van der Waals surface area (Å²) in [7, 11) is 0. The highest BCUT2D eigenvalue weighted by Crippen LogP contribution is 2.21. The molecule has 0 aromatic carbocycles. The SMILES string of the molecule is Cc1nc(C)c(CN2CCC(CCO)CC2)nc1CCN. The summed E-state index contributed by atoms with van der Waals surface area (Å²) in [5.41, 5.74) is 9.81. The van der Waals surface area contributed by atoms with Gasteiger partial charge in [0.15, 0.2) is 0 Å². The number of hydrogen-bond acceptors (Lipinski definition) is 5. The van der Waals surface area contributed by atoms with Crippen molar-refractivity contribution in [2.75, 3.05) is 26.2 Å². The first kappa shape index (κ1) is 16.3. The monoisotopic (exact) mass is 292 g/mol. The second-order valence-corrected chi connectivity index (χ2v) is 6.06. The summed E-state index contributed by atoms with van der Waals surface area (Å²) in [6.45, 7) is 8.04. The molecule has 2 heterocycles. The van der Waals surface area contributed by atoms with Crippen molar-refractivity contribution in [3.05, 3.63) is 22.8 Å². The Hall–Kier alpha value is -1.04. The molecule has 1 aliphatic heterocycles. The van der Waals surface area contributed by atoms with E-state index >= 15 is 0 Å². The molecule has 5 heteroatoms. The van der Waals surface area contributed by atoms with Crippen LogP contribution in [0.2, 0.25) is 0 Å². The van der Waals surface area contributed by atoms with E-state index in [0.29, 0.717) is 19.1 Å². The van der Waals surface area contributed by atoms with Crippen LogP contribution in [0.15, 0.2) is 0 Å². The maximum Gasteiger partial charge on any atom is 0.0759 e. The molecule has 0 amide bonds. The second-order valence-electron chi connectivity index (χ2n) is 6.06. The van der Waals surface area contributed by atoms with E-state index in [-0.39, 0.29) is 0 Å². The average Bonchev–Trinajstić information content (AvgIpc) is 2.46. The van der Waals surface area contributed by atoms with Gasteiger partial charge in [-0.25, -0.2) is 0 Å². The van der Waals surface area contributed by atoms with E-state index in [4.69, 9.17) is 15.8 Å². The molecule has 0 aliphatic carbocycles. The van der Waals surface area contributed by atoms with Gasteiger partial charge in [0.05, 0.1) is 22.8 Å². The lowest BCUT2D eigenvalue weighted by Crippen LogP contribution is -2.34. The highest BCUT2D eigenvalue weighted by molar-refractivity contribution is 5.19. The summed E-state index contributed by atoms with van der Waals surface area (Å²) < 4.78 is 0. The highest BCUT2D eigenvalue weighted by atomic mass is 16.3. The van der Waals surface area contributed by atoms with E-state index in [0.717, 1.165) is 55.3 Å². The van der Waals surface area contributed by atoms with Crippen molar-refractivity contribution in [1.82, 2.24) is 14.9 Å². The van der Waals surface area contributed by atoms with E-state index in [1.807, 2.05) is 13.8 Å². The van der Waals surface area contributed by atoms with Gasteiger partial charge in [0, 0.05) is 19.6 Å². The van der Waals surface area contributed by atoms with E-state index < -0.39 is 0 Å². The number of piperidine rings is 1. The van der Waals surface area contributed by atoms with Gasteiger partial charge in [0.2, 0.25) is 0 Å². The van der Waals surface area contributed by atoms with Crippen molar-refractivity contribution in [3.63, 3.8) is 0 Å². The fourth-order valence-corrected chi connectivity index (χ4v) is 3.06. The van der Waals surface area contributed by atoms with Crippen LogP contribution < -0.4 is 5.73 Å². The fraction of sp³-hybridized carbons (Fsp3) is 0.750. The number of aryl methyl sites for hydroxylation is 2. The topological polar surface area (TPSA) is 75.3 Å². The molecule has 21 heavy (non-hydrogen) atoms. The van der Waals surface area contributed by atoms with E-state index in [1.54, 1.807) is 0 Å². The summed E-state index contributed by atoms with van der Waals surface area (Å²) >= 11 is 0. The van der Waals surface area contributed by atoms with Gasteiger partial charge in [-0.15, -0.1) is 0 Å². The fourth-order valence-electron chi connectivity index (χ4n) is 3.06. The predicted molar refractivity (Wildman–Crippen MR) is 84.0 cm³/mol. The third kappa shape index (κ3) is 4.46. The summed E-state index contributed by atoms with van der Waals surface area (Å²) in [4.78, 5) is 11.9. The molecule has 0 radical (unpaired) electrons. The molecule has 0 atom stereocenters. The number of aliphatic hydroxyl groups is 1. The Morgan fingerprint density at radius 1 is 1.14 bits per heavy atom. The van der Waals surface area contributed by atoms with Crippen LogP contribution >= 0.6 is 0 Å².